The topological polar surface area (TPSA) is 26.3 Å². The predicted molar refractivity (Wildman–Crippen MR) is 72.5 cm³/mol. The van der Waals surface area contributed by atoms with Crippen LogP contribution in [0, 0.1) is 24.6 Å². The van der Waals surface area contributed by atoms with Gasteiger partial charge >= 0.3 is 5.97 Å². The molecule has 2 atom stereocenters. The lowest BCUT2D eigenvalue weighted by atomic mass is 9.83. The molecule has 0 spiro atoms. The van der Waals surface area contributed by atoms with Gasteiger partial charge in [-0.25, -0.2) is 9.18 Å². The van der Waals surface area contributed by atoms with E-state index < -0.39 is 11.8 Å². The van der Waals surface area contributed by atoms with Crippen LogP contribution >= 0.6 is 0 Å². The molecule has 3 heteroatoms. The van der Waals surface area contributed by atoms with E-state index in [1.165, 1.54) is 18.9 Å². The molecular weight excluding hydrogens is 243 g/mol. The summed E-state index contributed by atoms with van der Waals surface area (Å²) in [6.45, 7) is 4.48. The Labute approximate surface area is 114 Å². The Kier molecular flexibility index (Phi) is 4.56. The van der Waals surface area contributed by atoms with Gasteiger partial charge in [0.1, 0.15) is 5.82 Å². The summed E-state index contributed by atoms with van der Waals surface area (Å²) in [5.74, 6) is 0.0840. The zero-order valence-electron chi connectivity index (χ0n) is 11.6. The second kappa shape index (κ2) is 6.18. The van der Waals surface area contributed by atoms with Crippen LogP contribution in [0.2, 0.25) is 0 Å². The number of hydrogen-bond acceptors (Lipinski definition) is 2. The van der Waals surface area contributed by atoms with E-state index in [-0.39, 0.29) is 5.56 Å². The van der Waals surface area contributed by atoms with E-state index >= 15 is 0 Å². The molecule has 104 valence electrons. The molecule has 19 heavy (non-hydrogen) atoms. The van der Waals surface area contributed by atoms with Crippen molar-refractivity contribution in [3.05, 3.63) is 35.1 Å². The summed E-state index contributed by atoms with van der Waals surface area (Å²) < 4.78 is 18.8. The lowest BCUT2D eigenvalue weighted by Crippen LogP contribution is -2.20. The molecule has 1 aliphatic carbocycles. The summed E-state index contributed by atoms with van der Waals surface area (Å²) >= 11 is 0. The molecular formula is C16H21FO2. The molecule has 2 rings (SSSR count). The van der Waals surface area contributed by atoms with Crippen molar-refractivity contribution < 1.29 is 13.9 Å². The zero-order chi connectivity index (χ0) is 13.8. The van der Waals surface area contributed by atoms with Gasteiger partial charge in [0.25, 0.3) is 0 Å². The number of ether oxygens (including phenoxy) is 1. The third-order valence-electron chi connectivity index (χ3n) is 3.84. The highest BCUT2D eigenvalue weighted by Crippen LogP contribution is 2.28. The standard InChI is InChI=1S/C16H21FO2/c1-11-4-3-5-13(8-11)10-19-16(18)14-9-12(2)6-7-15(14)17/h6-7,9,11,13H,3-5,8,10H2,1-2H3. The minimum absolute atomic E-state index is 0.0452. The summed E-state index contributed by atoms with van der Waals surface area (Å²) in [6, 6.07) is 4.50. The molecule has 2 nitrogen and oxygen atoms in total. The monoisotopic (exact) mass is 264 g/mol. The molecule has 2 unspecified atom stereocenters. The van der Waals surface area contributed by atoms with Crippen molar-refractivity contribution >= 4 is 5.97 Å². The number of aryl methyl sites for hydroxylation is 1. The number of esters is 1. The van der Waals surface area contributed by atoms with E-state index in [0.29, 0.717) is 18.4 Å². The first kappa shape index (κ1) is 14.0. The van der Waals surface area contributed by atoms with Gasteiger partial charge in [-0.15, -0.1) is 0 Å². The van der Waals surface area contributed by atoms with Crippen LogP contribution < -0.4 is 0 Å². The first-order valence-corrected chi connectivity index (χ1v) is 6.99. The van der Waals surface area contributed by atoms with Crippen molar-refractivity contribution in [2.24, 2.45) is 11.8 Å². The van der Waals surface area contributed by atoms with Gasteiger partial charge in [-0.1, -0.05) is 31.4 Å². The summed E-state index contributed by atoms with van der Waals surface area (Å²) in [6.07, 6.45) is 4.66. The highest BCUT2D eigenvalue weighted by molar-refractivity contribution is 5.89. The van der Waals surface area contributed by atoms with Crippen LogP contribution in [0.15, 0.2) is 18.2 Å². The number of benzene rings is 1. The lowest BCUT2D eigenvalue weighted by Gasteiger charge is -2.26. The van der Waals surface area contributed by atoms with Gasteiger partial charge in [0.15, 0.2) is 0 Å². The maximum absolute atomic E-state index is 13.5. The van der Waals surface area contributed by atoms with Crippen molar-refractivity contribution in [1.29, 1.82) is 0 Å². The van der Waals surface area contributed by atoms with E-state index in [1.54, 1.807) is 12.1 Å². The summed E-state index contributed by atoms with van der Waals surface area (Å²) in [4.78, 5) is 11.9. The summed E-state index contributed by atoms with van der Waals surface area (Å²) in [5, 5.41) is 0. The van der Waals surface area contributed by atoms with Gasteiger partial charge < -0.3 is 4.74 Å². The highest BCUT2D eigenvalue weighted by Gasteiger charge is 2.21. The van der Waals surface area contributed by atoms with E-state index in [0.717, 1.165) is 18.4 Å². The second-order valence-electron chi connectivity index (χ2n) is 5.72. The Hall–Kier alpha value is -1.38. The molecule has 0 aliphatic heterocycles. The Morgan fingerprint density at radius 1 is 1.42 bits per heavy atom. The van der Waals surface area contributed by atoms with E-state index in [9.17, 15) is 9.18 Å². The quantitative estimate of drug-likeness (QED) is 0.768. The number of carbonyl (C=O) groups excluding carboxylic acids is 1. The number of carbonyl (C=O) groups is 1. The maximum Gasteiger partial charge on any atom is 0.341 e. The number of halogens is 1. The molecule has 1 aromatic rings. The first-order chi connectivity index (χ1) is 9.06. The average Bonchev–Trinajstić information content (AvgIpc) is 2.39. The fourth-order valence-electron chi connectivity index (χ4n) is 2.78. The fourth-order valence-corrected chi connectivity index (χ4v) is 2.78. The van der Waals surface area contributed by atoms with Crippen molar-refractivity contribution in [2.75, 3.05) is 6.61 Å². The first-order valence-electron chi connectivity index (χ1n) is 6.99. The van der Waals surface area contributed by atoms with E-state index in [4.69, 9.17) is 4.74 Å². The van der Waals surface area contributed by atoms with Crippen LogP contribution in [0.4, 0.5) is 4.39 Å². The Balaban J connectivity index is 1.92. The molecule has 0 amide bonds. The summed E-state index contributed by atoms with van der Waals surface area (Å²) in [5.41, 5.74) is 0.906. The minimum Gasteiger partial charge on any atom is -0.462 e. The van der Waals surface area contributed by atoms with E-state index in [2.05, 4.69) is 6.92 Å². The van der Waals surface area contributed by atoms with Crippen LogP contribution in [0.5, 0.6) is 0 Å². The van der Waals surface area contributed by atoms with Crippen molar-refractivity contribution in [3.63, 3.8) is 0 Å². The average molecular weight is 264 g/mol. The van der Waals surface area contributed by atoms with Gasteiger partial charge in [0, 0.05) is 0 Å². The Bertz CT molecular complexity index is 456. The largest absolute Gasteiger partial charge is 0.462 e. The molecule has 1 fully saturated rings. The third-order valence-corrected chi connectivity index (χ3v) is 3.84. The van der Waals surface area contributed by atoms with E-state index in [1.807, 2.05) is 6.92 Å². The van der Waals surface area contributed by atoms with Crippen molar-refractivity contribution in [2.45, 2.75) is 39.5 Å². The SMILES string of the molecule is Cc1ccc(F)c(C(=O)OCC2CCCC(C)C2)c1. The predicted octanol–water partition coefficient (Wildman–Crippen LogP) is 4.12. The van der Waals surface area contributed by atoms with Gasteiger partial charge in [0.05, 0.1) is 12.2 Å². The lowest BCUT2D eigenvalue weighted by molar-refractivity contribution is 0.0385. The van der Waals surface area contributed by atoms with Gasteiger partial charge in [-0.2, -0.15) is 0 Å². The molecule has 1 saturated carbocycles. The molecule has 1 aliphatic rings. The van der Waals surface area contributed by atoms with Crippen LogP contribution in [-0.2, 0) is 4.74 Å². The Morgan fingerprint density at radius 3 is 2.95 bits per heavy atom. The molecule has 0 saturated heterocycles. The maximum atomic E-state index is 13.5. The Morgan fingerprint density at radius 2 is 2.21 bits per heavy atom. The number of hydrogen-bond donors (Lipinski definition) is 0. The fraction of sp³-hybridized carbons (Fsp3) is 0.562. The second-order valence-corrected chi connectivity index (χ2v) is 5.72. The van der Waals surface area contributed by atoms with Crippen LogP contribution in [0.3, 0.4) is 0 Å². The van der Waals surface area contributed by atoms with Gasteiger partial charge in [-0.3, -0.25) is 0 Å². The van der Waals surface area contributed by atoms with Gasteiger partial charge in [0.2, 0.25) is 0 Å². The number of rotatable bonds is 3. The van der Waals surface area contributed by atoms with Crippen LogP contribution in [-0.4, -0.2) is 12.6 Å². The van der Waals surface area contributed by atoms with Crippen LogP contribution in [0.25, 0.3) is 0 Å². The molecule has 0 bridgehead atoms. The van der Waals surface area contributed by atoms with Crippen molar-refractivity contribution in [1.82, 2.24) is 0 Å². The summed E-state index contributed by atoms with van der Waals surface area (Å²) in [7, 11) is 0. The van der Waals surface area contributed by atoms with Gasteiger partial charge in [-0.05, 0) is 43.7 Å². The smallest absolute Gasteiger partial charge is 0.341 e. The van der Waals surface area contributed by atoms with Crippen LogP contribution in [0.1, 0.15) is 48.5 Å². The minimum atomic E-state index is -0.542. The zero-order valence-corrected chi connectivity index (χ0v) is 11.6. The normalized spacial score (nSPS) is 23.1. The highest BCUT2D eigenvalue weighted by atomic mass is 19.1. The molecule has 0 heterocycles. The molecule has 1 aromatic carbocycles. The third kappa shape index (κ3) is 3.79. The molecule has 0 radical (unpaired) electrons. The van der Waals surface area contributed by atoms with Crippen molar-refractivity contribution in [3.8, 4) is 0 Å². The molecule has 0 N–H and O–H groups in total. The molecule has 0 aromatic heterocycles.